The van der Waals surface area contributed by atoms with Crippen LogP contribution in [0.3, 0.4) is 0 Å². The van der Waals surface area contributed by atoms with Gasteiger partial charge in [0.1, 0.15) is 11.9 Å². The minimum Gasteiger partial charge on any atom is -0.350 e. The normalized spacial score (nSPS) is 11.7. The Hall–Kier alpha value is -3.73. The highest BCUT2D eigenvalue weighted by molar-refractivity contribution is 5.85. The first-order chi connectivity index (χ1) is 17.4. The molecule has 0 aliphatic rings. The van der Waals surface area contributed by atoms with E-state index in [1.54, 1.807) is 0 Å². The van der Waals surface area contributed by atoms with Crippen molar-refractivity contribution in [3.8, 4) is 11.4 Å². The van der Waals surface area contributed by atoms with Gasteiger partial charge in [0.15, 0.2) is 5.82 Å². The van der Waals surface area contributed by atoms with Gasteiger partial charge in [-0.25, -0.2) is 9.97 Å². The van der Waals surface area contributed by atoms with Gasteiger partial charge in [0.25, 0.3) is 0 Å². The Morgan fingerprint density at radius 3 is 2.28 bits per heavy atom. The summed E-state index contributed by atoms with van der Waals surface area (Å²) < 4.78 is 0. The molecule has 0 fully saturated rings. The van der Waals surface area contributed by atoms with E-state index in [4.69, 9.17) is 9.97 Å². The maximum Gasteiger partial charge on any atom is 0.243 e. The largest absolute Gasteiger partial charge is 0.350 e. The van der Waals surface area contributed by atoms with Gasteiger partial charge in [-0.3, -0.25) is 4.79 Å². The molecule has 0 saturated heterocycles. The van der Waals surface area contributed by atoms with Crippen LogP contribution in [0.2, 0.25) is 0 Å². The molecule has 1 heterocycles. The fraction of sp³-hybridized carbons (Fsp3) is 0.323. The van der Waals surface area contributed by atoms with Crippen LogP contribution in [-0.2, 0) is 17.8 Å². The average Bonchev–Trinajstić information content (AvgIpc) is 2.89. The number of nitrogens with zero attached hydrogens (tertiary/aromatic N) is 3. The molecule has 1 amide bonds. The van der Waals surface area contributed by atoms with E-state index in [0.29, 0.717) is 31.3 Å². The van der Waals surface area contributed by atoms with Gasteiger partial charge in [-0.2, -0.15) is 0 Å². The molecule has 188 valence electrons. The van der Waals surface area contributed by atoms with Crippen molar-refractivity contribution in [2.45, 2.75) is 52.6 Å². The second kappa shape index (κ2) is 13.4. The lowest BCUT2D eigenvalue weighted by Gasteiger charge is -2.34. The zero-order chi connectivity index (χ0) is 25.9. The standard InChI is InChI=1S/C31H38N4O/c1-6-8-19-27-24(5)33-29(26-17-13-10-14-18-26)34-30(27)35(20-7-2)28(21-23(3)4)31(36)32-22-25-15-11-9-12-16-25/h6-7,9-18,23,28H,1-2,8,19-22H2,3-5H3,(H,32,36). The van der Waals surface area contributed by atoms with Crippen molar-refractivity contribution >= 4 is 11.7 Å². The molecule has 3 rings (SSSR count). The lowest BCUT2D eigenvalue weighted by atomic mass is 9.99. The molecule has 0 saturated carbocycles. The Morgan fingerprint density at radius 1 is 1.00 bits per heavy atom. The highest BCUT2D eigenvalue weighted by Gasteiger charge is 2.30. The summed E-state index contributed by atoms with van der Waals surface area (Å²) in [6.07, 6.45) is 6.00. The molecule has 1 unspecified atom stereocenters. The molecule has 1 N–H and O–H groups in total. The summed E-state index contributed by atoms with van der Waals surface area (Å²) in [6.45, 7) is 15.2. The van der Waals surface area contributed by atoms with E-state index in [2.05, 4.69) is 37.2 Å². The fourth-order valence-corrected chi connectivity index (χ4v) is 4.30. The Labute approximate surface area is 216 Å². The van der Waals surface area contributed by atoms with Crippen LogP contribution in [0.25, 0.3) is 11.4 Å². The number of hydrogen-bond acceptors (Lipinski definition) is 4. The molecule has 1 aromatic heterocycles. The van der Waals surface area contributed by atoms with Crippen molar-refractivity contribution in [1.29, 1.82) is 0 Å². The number of rotatable bonds is 13. The number of carbonyl (C=O) groups excluding carboxylic acids is 1. The molecule has 0 aliphatic carbocycles. The maximum absolute atomic E-state index is 13.7. The van der Waals surface area contributed by atoms with E-state index in [1.807, 2.05) is 79.7 Å². The number of amides is 1. The zero-order valence-corrected chi connectivity index (χ0v) is 21.8. The van der Waals surface area contributed by atoms with E-state index < -0.39 is 6.04 Å². The Kier molecular flexibility index (Phi) is 9.99. The highest BCUT2D eigenvalue weighted by Crippen LogP contribution is 2.29. The first kappa shape index (κ1) is 26.9. The van der Waals surface area contributed by atoms with E-state index in [0.717, 1.165) is 41.0 Å². The molecule has 1 atom stereocenters. The number of benzene rings is 2. The molecule has 0 radical (unpaired) electrons. The summed E-state index contributed by atoms with van der Waals surface area (Å²) in [7, 11) is 0. The number of aryl methyl sites for hydroxylation is 1. The van der Waals surface area contributed by atoms with Gasteiger partial charge >= 0.3 is 0 Å². The van der Waals surface area contributed by atoms with Crippen LogP contribution in [0.1, 0.15) is 43.5 Å². The van der Waals surface area contributed by atoms with Crippen LogP contribution in [0, 0.1) is 12.8 Å². The highest BCUT2D eigenvalue weighted by atomic mass is 16.2. The minimum atomic E-state index is -0.396. The van der Waals surface area contributed by atoms with Crippen LogP contribution in [0.15, 0.2) is 86.0 Å². The van der Waals surface area contributed by atoms with Crippen LogP contribution in [0.4, 0.5) is 5.82 Å². The summed E-state index contributed by atoms with van der Waals surface area (Å²) in [4.78, 5) is 25.7. The minimum absolute atomic E-state index is 0.0124. The van der Waals surface area contributed by atoms with Crippen LogP contribution >= 0.6 is 0 Å². The smallest absolute Gasteiger partial charge is 0.243 e. The van der Waals surface area contributed by atoms with Gasteiger partial charge < -0.3 is 10.2 Å². The van der Waals surface area contributed by atoms with E-state index in [9.17, 15) is 4.79 Å². The molecule has 5 heteroatoms. The average molecular weight is 483 g/mol. The van der Waals surface area contributed by atoms with Crippen molar-refractivity contribution < 1.29 is 4.79 Å². The summed E-state index contributed by atoms with van der Waals surface area (Å²) in [5, 5.41) is 3.16. The van der Waals surface area contributed by atoms with E-state index in [1.165, 1.54) is 0 Å². The molecule has 36 heavy (non-hydrogen) atoms. The Balaban J connectivity index is 2.06. The van der Waals surface area contributed by atoms with E-state index in [-0.39, 0.29) is 5.91 Å². The van der Waals surface area contributed by atoms with Crippen molar-refractivity contribution in [2.24, 2.45) is 5.92 Å². The molecular weight excluding hydrogens is 444 g/mol. The van der Waals surface area contributed by atoms with E-state index >= 15 is 0 Å². The first-order valence-electron chi connectivity index (χ1n) is 12.7. The summed E-state index contributed by atoms with van der Waals surface area (Å²) in [6, 6.07) is 19.6. The first-order valence-corrected chi connectivity index (χ1v) is 12.7. The molecule has 5 nitrogen and oxygen atoms in total. The Morgan fingerprint density at radius 2 is 1.67 bits per heavy atom. The summed E-state index contributed by atoms with van der Waals surface area (Å²) in [5.74, 6) is 1.76. The molecular formula is C31H38N4O. The van der Waals surface area contributed by atoms with Crippen molar-refractivity contribution in [3.05, 3.63) is 103 Å². The number of nitrogens with one attached hydrogen (secondary N) is 1. The zero-order valence-electron chi connectivity index (χ0n) is 21.8. The number of carbonyl (C=O) groups is 1. The van der Waals surface area contributed by atoms with Crippen LogP contribution in [-0.4, -0.2) is 28.5 Å². The van der Waals surface area contributed by atoms with Gasteiger partial charge in [0, 0.05) is 29.9 Å². The number of allylic oxidation sites excluding steroid dienone is 1. The summed E-state index contributed by atoms with van der Waals surface area (Å²) in [5.41, 5.74) is 3.98. The van der Waals surface area contributed by atoms with Gasteiger partial charge in [-0.05, 0) is 37.7 Å². The Bertz CT molecular complexity index is 1140. The van der Waals surface area contributed by atoms with Gasteiger partial charge in [-0.15, -0.1) is 13.2 Å². The summed E-state index contributed by atoms with van der Waals surface area (Å²) >= 11 is 0. The molecule has 0 spiro atoms. The van der Waals surface area contributed by atoms with Gasteiger partial charge in [0.2, 0.25) is 5.91 Å². The fourth-order valence-electron chi connectivity index (χ4n) is 4.30. The molecule has 2 aromatic carbocycles. The maximum atomic E-state index is 13.7. The third-order valence-electron chi connectivity index (χ3n) is 6.10. The SMILES string of the molecule is C=CCCc1c(C)nc(-c2ccccc2)nc1N(CC=C)C(CC(C)C)C(=O)NCc1ccccc1. The second-order valence-corrected chi connectivity index (χ2v) is 9.42. The van der Waals surface area contributed by atoms with Crippen molar-refractivity contribution in [1.82, 2.24) is 15.3 Å². The topological polar surface area (TPSA) is 58.1 Å². The van der Waals surface area contributed by atoms with Crippen molar-refractivity contribution in [2.75, 3.05) is 11.4 Å². The predicted octanol–water partition coefficient (Wildman–Crippen LogP) is 6.29. The van der Waals surface area contributed by atoms with Crippen molar-refractivity contribution in [3.63, 3.8) is 0 Å². The third-order valence-corrected chi connectivity index (χ3v) is 6.10. The van der Waals surface area contributed by atoms with Crippen LogP contribution in [0.5, 0.6) is 0 Å². The van der Waals surface area contributed by atoms with Gasteiger partial charge in [0.05, 0.1) is 0 Å². The monoisotopic (exact) mass is 482 g/mol. The van der Waals surface area contributed by atoms with Crippen LogP contribution < -0.4 is 10.2 Å². The second-order valence-electron chi connectivity index (χ2n) is 9.42. The quantitative estimate of drug-likeness (QED) is 0.291. The number of hydrogen-bond donors (Lipinski definition) is 1. The van der Waals surface area contributed by atoms with Gasteiger partial charge in [-0.1, -0.05) is 86.7 Å². The predicted molar refractivity (Wildman–Crippen MR) is 150 cm³/mol. The number of aromatic nitrogens is 2. The molecule has 0 bridgehead atoms. The number of anilines is 1. The third kappa shape index (κ3) is 7.14. The lowest BCUT2D eigenvalue weighted by molar-refractivity contribution is -0.122. The lowest BCUT2D eigenvalue weighted by Crippen LogP contribution is -2.48. The molecule has 0 aliphatic heterocycles. The molecule has 3 aromatic rings.